The molecule has 1 saturated heterocycles. The predicted molar refractivity (Wildman–Crippen MR) is 102 cm³/mol. The smallest absolute Gasteiger partial charge is 0.229 e. The number of para-hydroxylation sites is 1. The highest BCUT2D eigenvalue weighted by Crippen LogP contribution is 2.29. The molecule has 1 aliphatic heterocycles. The Morgan fingerprint density at radius 1 is 1.30 bits per heavy atom. The van der Waals surface area contributed by atoms with Gasteiger partial charge in [-0.2, -0.15) is 0 Å². The first-order valence-electron chi connectivity index (χ1n) is 8.60. The summed E-state index contributed by atoms with van der Waals surface area (Å²) < 4.78 is 30.2. The molecule has 0 aliphatic carbocycles. The van der Waals surface area contributed by atoms with Crippen molar-refractivity contribution >= 4 is 21.7 Å². The molecule has 0 bridgehead atoms. The van der Waals surface area contributed by atoms with E-state index >= 15 is 0 Å². The Kier molecular flexibility index (Phi) is 5.71. The molecule has 144 valence electrons. The van der Waals surface area contributed by atoms with Crippen LogP contribution in [-0.2, 0) is 14.8 Å². The molecule has 0 saturated carbocycles. The monoisotopic (exact) mass is 390 g/mol. The summed E-state index contributed by atoms with van der Waals surface area (Å²) in [6.07, 6.45) is 3.84. The van der Waals surface area contributed by atoms with Gasteiger partial charge in [0.2, 0.25) is 15.9 Å². The minimum absolute atomic E-state index is 0.190. The Morgan fingerprint density at radius 2 is 2.07 bits per heavy atom. The number of hydrogen-bond donors (Lipinski definition) is 1. The summed E-state index contributed by atoms with van der Waals surface area (Å²) in [5.74, 6) is 0.392. The molecular formula is C18H22N4O4S. The van der Waals surface area contributed by atoms with Crippen molar-refractivity contribution in [1.82, 2.24) is 14.3 Å². The van der Waals surface area contributed by atoms with E-state index in [1.54, 1.807) is 13.2 Å². The van der Waals surface area contributed by atoms with Crippen molar-refractivity contribution in [1.29, 1.82) is 0 Å². The van der Waals surface area contributed by atoms with E-state index in [9.17, 15) is 13.2 Å². The van der Waals surface area contributed by atoms with Gasteiger partial charge in [-0.15, -0.1) is 0 Å². The Bertz CT molecular complexity index is 932. The van der Waals surface area contributed by atoms with E-state index in [0.29, 0.717) is 36.6 Å². The number of anilines is 1. The Hall–Kier alpha value is -2.52. The fraction of sp³-hybridized carbons (Fsp3) is 0.389. The van der Waals surface area contributed by atoms with E-state index in [-0.39, 0.29) is 12.5 Å². The Morgan fingerprint density at radius 3 is 2.81 bits per heavy atom. The normalized spacial score (nSPS) is 18.1. The van der Waals surface area contributed by atoms with E-state index in [1.165, 1.54) is 10.6 Å². The average Bonchev–Trinajstić information content (AvgIpc) is 2.67. The second-order valence-corrected chi connectivity index (χ2v) is 8.42. The van der Waals surface area contributed by atoms with Crippen LogP contribution in [-0.4, -0.2) is 55.1 Å². The van der Waals surface area contributed by atoms with Gasteiger partial charge in [-0.3, -0.25) is 4.79 Å². The van der Waals surface area contributed by atoms with Crippen LogP contribution >= 0.6 is 0 Å². The number of benzene rings is 1. The van der Waals surface area contributed by atoms with E-state index in [0.717, 1.165) is 11.8 Å². The van der Waals surface area contributed by atoms with Crippen LogP contribution in [0.4, 0.5) is 5.82 Å². The molecule has 1 N–H and O–H groups in total. The number of piperidine rings is 1. The summed E-state index contributed by atoms with van der Waals surface area (Å²) in [4.78, 5) is 21.0. The number of carbonyl (C=O) groups is 1. The molecule has 2 aromatic rings. The van der Waals surface area contributed by atoms with Crippen LogP contribution in [0.3, 0.4) is 0 Å². The number of carbonyl (C=O) groups excluding carboxylic acids is 1. The maximum absolute atomic E-state index is 12.6. The minimum Gasteiger partial charge on any atom is -0.496 e. The number of nitrogens with one attached hydrogen (secondary N) is 1. The lowest BCUT2D eigenvalue weighted by atomic mass is 9.99. The molecule has 9 heteroatoms. The van der Waals surface area contributed by atoms with Gasteiger partial charge in [-0.25, -0.2) is 22.7 Å². The number of aromatic nitrogens is 2. The third-order valence-electron chi connectivity index (χ3n) is 4.53. The summed E-state index contributed by atoms with van der Waals surface area (Å²) in [6, 6.07) is 9.12. The topological polar surface area (TPSA) is 101 Å². The quantitative estimate of drug-likeness (QED) is 0.835. The molecule has 1 atom stereocenters. The lowest BCUT2D eigenvalue weighted by molar-refractivity contribution is -0.120. The first kappa shape index (κ1) is 19.2. The molecule has 1 aliphatic rings. The second kappa shape index (κ2) is 8.01. The molecule has 8 nitrogen and oxygen atoms in total. The van der Waals surface area contributed by atoms with Crippen LogP contribution in [0.2, 0.25) is 0 Å². The lowest BCUT2D eigenvalue weighted by Gasteiger charge is -2.29. The number of hydrogen-bond acceptors (Lipinski definition) is 6. The van der Waals surface area contributed by atoms with Crippen LogP contribution in [0.25, 0.3) is 11.3 Å². The van der Waals surface area contributed by atoms with Crippen molar-refractivity contribution < 1.29 is 17.9 Å². The molecule has 1 fully saturated rings. The maximum atomic E-state index is 12.6. The zero-order chi connectivity index (χ0) is 19.4. The molecule has 0 radical (unpaired) electrons. The molecule has 1 unspecified atom stereocenters. The van der Waals surface area contributed by atoms with Crippen LogP contribution < -0.4 is 10.1 Å². The Balaban J connectivity index is 1.75. The number of nitrogens with zero attached hydrogens (tertiary/aromatic N) is 3. The van der Waals surface area contributed by atoms with E-state index < -0.39 is 15.9 Å². The Labute approximate surface area is 158 Å². The van der Waals surface area contributed by atoms with Crippen molar-refractivity contribution in [3.05, 3.63) is 36.7 Å². The minimum atomic E-state index is -3.30. The van der Waals surface area contributed by atoms with Gasteiger partial charge in [-0.1, -0.05) is 12.1 Å². The van der Waals surface area contributed by atoms with Crippen LogP contribution in [0.1, 0.15) is 12.8 Å². The summed E-state index contributed by atoms with van der Waals surface area (Å²) in [7, 11) is -1.72. The predicted octanol–water partition coefficient (Wildman–Crippen LogP) is 1.76. The van der Waals surface area contributed by atoms with E-state index in [1.807, 2.05) is 24.3 Å². The van der Waals surface area contributed by atoms with Crippen molar-refractivity contribution in [3.8, 4) is 17.0 Å². The molecular weight excluding hydrogens is 368 g/mol. The van der Waals surface area contributed by atoms with Crippen LogP contribution in [0, 0.1) is 5.92 Å². The second-order valence-electron chi connectivity index (χ2n) is 6.44. The molecule has 1 amide bonds. The van der Waals surface area contributed by atoms with Gasteiger partial charge in [0.25, 0.3) is 0 Å². The summed E-state index contributed by atoms with van der Waals surface area (Å²) >= 11 is 0. The number of sulfonamides is 1. The maximum Gasteiger partial charge on any atom is 0.229 e. The molecule has 0 spiro atoms. The summed E-state index contributed by atoms with van der Waals surface area (Å²) in [5, 5.41) is 2.78. The molecule has 2 heterocycles. The van der Waals surface area contributed by atoms with Gasteiger partial charge in [0, 0.05) is 24.7 Å². The first-order chi connectivity index (χ1) is 12.9. The summed E-state index contributed by atoms with van der Waals surface area (Å²) in [5.41, 5.74) is 1.41. The zero-order valence-corrected chi connectivity index (χ0v) is 16.1. The molecule has 27 heavy (non-hydrogen) atoms. The zero-order valence-electron chi connectivity index (χ0n) is 15.3. The van der Waals surface area contributed by atoms with Crippen molar-refractivity contribution in [3.63, 3.8) is 0 Å². The number of amides is 1. The van der Waals surface area contributed by atoms with Crippen molar-refractivity contribution in [2.45, 2.75) is 12.8 Å². The highest BCUT2D eigenvalue weighted by atomic mass is 32.2. The van der Waals surface area contributed by atoms with Crippen LogP contribution in [0.15, 0.2) is 36.7 Å². The highest BCUT2D eigenvalue weighted by molar-refractivity contribution is 7.88. The van der Waals surface area contributed by atoms with Crippen molar-refractivity contribution in [2.75, 3.05) is 31.8 Å². The lowest BCUT2D eigenvalue weighted by Crippen LogP contribution is -2.43. The third-order valence-corrected chi connectivity index (χ3v) is 5.79. The molecule has 3 rings (SSSR count). The fourth-order valence-electron chi connectivity index (χ4n) is 3.12. The van der Waals surface area contributed by atoms with Crippen LogP contribution in [0.5, 0.6) is 5.75 Å². The largest absolute Gasteiger partial charge is 0.496 e. The number of rotatable bonds is 5. The SMILES string of the molecule is COc1ccccc1-c1cc(NC(=O)C2CCCN(S(C)(=O)=O)C2)ncn1. The summed E-state index contributed by atoms with van der Waals surface area (Å²) in [6.45, 7) is 0.642. The van der Waals surface area contributed by atoms with Gasteiger partial charge in [0.1, 0.15) is 17.9 Å². The number of ether oxygens (including phenoxy) is 1. The number of methoxy groups -OCH3 is 1. The highest BCUT2D eigenvalue weighted by Gasteiger charge is 2.30. The first-order valence-corrected chi connectivity index (χ1v) is 10.4. The third kappa shape index (κ3) is 4.61. The standard InChI is InChI=1S/C18H22N4O4S/c1-26-16-8-4-3-7-14(16)15-10-17(20-12-19-15)21-18(23)13-6-5-9-22(11-13)27(2,24)25/h3-4,7-8,10,12-13H,5-6,9,11H2,1-2H3,(H,19,20,21,23). The van der Waals surface area contributed by atoms with E-state index in [4.69, 9.17) is 4.74 Å². The van der Waals surface area contributed by atoms with Gasteiger partial charge >= 0.3 is 0 Å². The van der Waals surface area contributed by atoms with Gasteiger partial charge in [0.05, 0.1) is 25.0 Å². The van der Waals surface area contributed by atoms with Gasteiger partial charge in [-0.05, 0) is 25.0 Å². The van der Waals surface area contributed by atoms with Gasteiger partial charge in [0.15, 0.2) is 0 Å². The van der Waals surface area contributed by atoms with E-state index in [2.05, 4.69) is 15.3 Å². The average molecular weight is 390 g/mol. The van der Waals surface area contributed by atoms with Gasteiger partial charge < -0.3 is 10.1 Å². The molecule has 1 aromatic carbocycles. The van der Waals surface area contributed by atoms with Crippen molar-refractivity contribution in [2.24, 2.45) is 5.92 Å². The molecule has 1 aromatic heterocycles. The fourth-order valence-corrected chi connectivity index (χ4v) is 4.03.